The van der Waals surface area contributed by atoms with Crippen molar-refractivity contribution in [1.29, 1.82) is 0 Å². The molecule has 2 amide bonds. The van der Waals surface area contributed by atoms with Crippen LogP contribution in [0.4, 0.5) is 5.69 Å². The predicted molar refractivity (Wildman–Crippen MR) is 106 cm³/mol. The fourth-order valence-corrected chi connectivity index (χ4v) is 4.31. The zero-order valence-electron chi connectivity index (χ0n) is 13.7. The summed E-state index contributed by atoms with van der Waals surface area (Å²) in [5, 5.41) is 15.8. The van der Waals surface area contributed by atoms with Gasteiger partial charge in [0.05, 0.1) is 5.75 Å². The maximum atomic E-state index is 12.1. The van der Waals surface area contributed by atoms with Crippen LogP contribution >= 0.6 is 34.4 Å². The van der Waals surface area contributed by atoms with Crippen LogP contribution in [0.1, 0.15) is 14.7 Å². The molecular formula is C17H16N4O2S3. The molecule has 0 unspecified atom stereocenters. The van der Waals surface area contributed by atoms with Gasteiger partial charge in [-0.05, 0) is 30.0 Å². The van der Waals surface area contributed by atoms with Gasteiger partial charge in [-0.1, -0.05) is 47.4 Å². The first-order valence-electron chi connectivity index (χ1n) is 7.82. The summed E-state index contributed by atoms with van der Waals surface area (Å²) in [6, 6.07) is 13.2. The number of hydrogen-bond acceptors (Lipinski definition) is 7. The van der Waals surface area contributed by atoms with Crippen LogP contribution in [-0.4, -0.2) is 34.3 Å². The van der Waals surface area contributed by atoms with E-state index >= 15 is 0 Å². The Labute approximate surface area is 163 Å². The Morgan fingerprint density at radius 2 is 1.92 bits per heavy atom. The molecular weight excluding hydrogens is 388 g/mol. The number of thiophene rings is 1. The minimum atomic E-state index is -0.305. The van der Waals surface area contributed by atoms with E-state index in [-0.39, 0.29) is 22.6 Å². The van der Waals surface area contributed by atoms with Gasteiger partial charge in [-0.25, -0.2) is 0 Å². The first kappa shape index (κ1) is 18.6. The number of aromatic nitrogens is 2. The molecule has 2 N–H and O–H groups in total. The van der Waals surface area contributed by atoms with Crippen molar-refractivity contribution in [3.05, 3.63) is 57.7 Å². The standard InChI is InChI=1S/C17H16N4O2S3/c22-14(18-9-8-13-7-4-10-24-13)11-25-17-21-20-16(26-17)15(23)19-12-5-2-1-3-6-12/h1-7,10H,8-9,11H2,(H,18,22)(H,19,23). The topological polar surface area (TPSA) is 84.0 Å². The Morgan fingerprint density at radius 3 is 2.69 bits per heavy atom. The second-order valence-electron chi connectivity index (χ2n) is 5.16. The molecule has 0 aliphatic carbocycles. The molecule has 0 aliphatic heterocycles. The van der Waals surface area contributed by atoms with Crippen LogP contribution in [0.3, 0.4) is 0 Å². The lowest BCUT2D eigenvalue weighted by molar-refractivity contribution is -0.118. The number of carbonyl (C=O) groups excluding carboxylic acids is 2. The van der Waals surface area contributed by atoms with Crippen molar-refractivity contribution >= 4 is 51.9 Å². The lowest BCUT2D eigenvalue weighted by atomic mass is 10.3. The van der Waals surface area contributed by atoms with Crippen molar-refractivity contribution < 1.29 is 9.59 Å². The van der Waals surface area contributed by atoms with Crippen LogP contribution in [0.15, 0.2) is 52.2 Å². The summed E-state index contributed by atoms with van der Waals surface area (Å²) in [4.78, 5) is 25.3. The number of hydrogen-bond donors (Lipinski definition) is 2. The van der Waals surface area contributed by atoms with Gasteiger partial charge in [0.15, 0.2) is 4.34 Å². The van der Waals surface area contributed by atoms with Gasteiger partial charge in [0, 0.05) is 17.1 Å². The van der Waals surface area contributed by atoms with E-state index in [1.165, 1.54) is 28.0 Å². The normalized spacial score (nSPS) is 10.5. The molecule has 2 aromatic heterocycles. The highest BCUT2D eigenvalue weighted by molar-refractivity contribution is 8.01. The van der Waals surface area contributed by atoms with Gasteiger partial charge in [-0.3, -0.25) is 9.59 Å². The van der Waals surface area contributed by atoms with Crippen molar-refractivity contribution in [2.24, 2.45) is 0 Å². The van der Waals surface area contributed by atoms with E-state index in [4.69, 9.17) is 0 Å². The maximum absolute atomic E-state index is 12.1. The molecule has 0 aliphatic rings. The summed E-state index contributed by atoms with van der Waals surface area (Å²) in [6.45, 7) is 0.612. The van der Waals surface area contributed by atoms with E-state index in [0.29, 0.717) is 16.6 Å². The second-order valence-corrected chi connectivity index (χ2v) is 8.39. The molecule has 26 heavy (non-hydrogen) atoms. The van der Waals surface area contributed by atoms with Crippen molar-refractivity contribution in [1.82, 2.24) is 15.5 Å². The fraction of sp³-hybridized carbons (Fsp3) is 0.176. The molecule has 9 heteroatoms. The van der Waals surface area contributed by atoms with E-state index in [2.05, 4.69) is 26.9 Å². The zero-order valence-corrected chi connectivity index (χ0v) is 16.1. The van der Waals surface area contributed by atoms with Crippen LogP contribution in [0, 0.1) is 0 Å². The molecule has 0 saturated carbocycles. The van der Waals surface area contributed by atoms with Crippen LogP contribution in [0.2, 0.25) is 0 Å². The van der Waals surface area contributed by atoms with E-state index in [1.54, 1.807) is 23.5 Å². The lowest BCUT2D eigenvalue weighted by Crippen LogP contribution is -2.27. The number of benzene rings is 1. The Bertz CT molecular complexity index is 850. The number of nitrogens with one attached hydrogen (secondary N) is 2. The highest BCUT2D eigenvalue weighted by Gasteiger charge is 2.14. The lowest BCUT2D eigenvalue weighted by Gasteiger charge is -2.02. The number of amides is 2. The molecule has 0 saturated heterocycles. The smallest absolute Gasteiger partial charge is 0.286 e. The first-order valence-corrected chi connectivity index (χ1v) is 10.5. The molecule has 1 aromatic carbocycles. The van der Waals surface area contributed by atoms with Gasteiger partial charge in [0.25, 0.3) is 5.91 Å². The Morgan fingerprint density at radius 1 is 1.08 bits per heavy atom. The van der Waals surface area contributed by atoms with Crippen molar-refractivity contribution in [2.45, 2.75) is 10.8 Å². The fourth-order valence-electron chi connectivity index (χ4n) is 2.02. The molecule has 0 spiro atoms. The minimum absolute atomic E-state index is 0.0583. The zero-order chi connectivity index (χ0) is 18.2. The molecule has 0 radical (unpaired) electrons. The molecule has 3 aromatic rings. The summed E-state index contributed by atoms with van der Waals surface area (Å²) in [7, 11) is 0. The number of thioether (sulfide) groups is 1. The summed E-state index contributed by atoms with van der Waals surface area (Å²) in [6.07, 6.45) is 0.830. The third kappa shape index (κ3) is 5.65. The average molecular weight is 405 g/mol. The monoisotopic (exact) mass is 404 g/mol. The Hall–Kier alpha value is -2.23. The molecule has 0 atom stereocenters. The summed E-state index contributed by atoms with van der Waals surface area (Å²) >= 11 is 4.13. The van der Waals surface area contributed by atoms with E-state index in [1.807, 2.05) is 29.6 Å². The SMILES string of the molecule is O=C(CSc1nnc(C(=O)Nc2ccccc2)s1)NCCc1cccs1. The van der Waals surface area contributed by atoms with Crippen LogP contribution in [0.5, 0.6) is 0 Å². The second kappa shape index (κ2) is 9.46. The Kier molecular flexibility index (Phi) is 6.75. The number of para-hydroxylation sites is 1. The van der Waals surface area contributed by atoms with Gasteiger partial charge < -0.3 is 10.6 Å². The van der Waals surface area contributed by atoms with Gasteiger partial charge in [-0.2, -0.15) is 0 Å². The molecule has 0 bridgehead atoms. The van der Waals surface area contributed by atoms with Gasteiger partial charge >= 0.3 is 0 Å². The highest BCUT2D eigenvalue weighted by atomic mass is 32.2. The molecule has 0 fully saturated rings. The summed E-state index contributed by atoms with van der Waals surface area (Å²) < 4.78 is 0.594. The van der Waals surface area contributed by atoms with Gasteiger partial charge in [-0.15, -0.1) is 21.5 Å². The minimum Gasteiger partial charge on any atom is -0.355 e. The number of nitrogens with zero attached hydrogens (tertiary/aromatic N) is 2. The third-order valence-corrected chi connectivity index (χ3v) is 6.22. The molecule has 3 rings (SSSR count). The van der Waals surface area contributed by atoms with E-state index < -0.39 is 0 Å². The summed E-state index contributed by atoms with van der Waals surface area (Å²) in [5.74, 6) is -0.114. The van der Waals surface area contributed by atoms with E-state index in [0.717, 1.165) is 6.42 Å². The van der Waals surface area contributed by atoms with Crippen molar-refractivity contribution in [2.75, 3.05) is 17.6 Å². The number of carbonyl (C=O) groups is 2. The van der Waals surface area contributed by atoms with E-state index in [9.17, 15) is 9.59 Å². The van der Waals surface area contributed by atoms with Crippen molar-refractivity contribution in [3.63, 3.8) is 0 Å². The van der Waals surface area contributed by atoms with Crippen LogP contribution in [0.25, 0.3) is 0 Å². The average Bonchev–Trinajstić information content (AvgIpc) is 3.33. The highest BCUT2D eigenvalue weighted by Crippen LogP contribution is 2.22. The predicted octanol–water partition coefficient (Wildman–Crippen LogP) is 3.30. The Balaban J connectivity index is 1.41. The van der Waals surface area contributed by atoms with Gasteiger partial charge in [0.2, 0.25) is 10.9 Å². The van der Waals surface area contributed by atoms with Crippen LogP contribution in [-0.2, 0) is 11.2 Å². The largest absolute Gasteiger partial charge is 0.355 e. The van der Waals surface area contributed by atoms with Crippen LogP contribution < -0.4 is 10.6 Å². The quantitative estimate of drug-likeness (QED) is 0.563. The number of rotatable bonds is 8. The maximum Gasteiger partial charge on any atom is 0.286 e. The van der Waals surface area contributed by atoms with Crippen molar-refractivity contribution in [3.8, 4) is 0 Å². The van der Waals surface area contributed by atoms with Gasteiger partial charge in [0.1, 0.15) is 0 Å². The molecule has 6 nitrogen and oxygen atoms in total. The summed E-state index contributed by atoms with van der Waals surface area (Å²) in [5.41, 5.74) is 0.701. The molecule has 2 heterocycles. The number of anilines is 1. The molecule has 134 valence electrons. The third-order valence-electron chi connectivity index (χ3n) is 3.23. The first-order chi connectivity index (χ1) is 12.7.